The number of ketones is 1. The van der Waals surface area contributed by atoms with Crippen molar-refractivity contribution in [3.05, 3.63) is 105 Å². The predicted octanol–water partition coefficient (Wildman–Crippen LogP) is 7.20. The molecule has 2 atom stereocenters. The van der Waals surface area contributed by atoms with Crippen molar-refractivity contribution in [3.63, 3.8) is 0 Å². The summed E-state index contributed by atoms with van der Waals surface area (Å²) in [5, 5.41) is 7.24. The third kappa shape index (κ3) is 5.11. The van der Waals surface area contributed by atoms with Gasteiger partial charge in [-0.05, 0) is 61.4 Å². The Bertz CT molecular complexity index is 1450. The van der Waals surface area contributed by atoms with Gasteiger partial charge in [-0.25, -0.2) is 9.37 Å². The van der Waals surface area contributed by atoms with Crippen LogP contribution in [0.3, 0.4) is 0 Å². The first-order valence-corrected chi connectivity index (χ1v) is 12.8. The fraction of sp³-hybridized carbons (Fsp3) is 0.241. The first-order chi connectivity index (χ1) is 17.4. The normalized spacial score (nSPS) is 15.9. The molecule has 1 aliphatic rings. The number of pyridine rings is 1. The highest BCUT2D eigenvalue weighted by atomic mass is 32.1. The highest BCUT2D eigenvalue weighted by Crippen LogP contribution is 2.33. The van der Waals surface area contributed by atoms with Crippen LogP contribution in [0.4, 0.5) is 4.39 Å². The molecule has 0 N–H and O–H groups in total. The molecule has 182 valence electrons. The van der Waals surface area contributed by atoms with Crippen molar-refractivity contribution in [2.75, 3.05) is 0 Å². The maximum atomic E-state index is 14.9. The van der Waals surface area contributed by atoms with Gasteiger partial charge in [0.25, 0.3) is 0 Å². The van der Waals surface area contributed by atoms with Gasteiger partial charge >= 0.3 is 0 Å². The number of thiazole rings is 1. The number of benzene rings is 2. The fourth-order valence-corrected chi connectivity index (χ4v) is 5.18. The highest BCUT2D eigenvalue weighted by Gasteiger charge is 2.26. The zero-order valence-electron chi connectivity index (χ0n) is 20.4. The van der Waals surface area contributed by atoms with Crippen LogP contribution in [0.15, 0.2) is 71.3 Å². The van der Waals surface area contributed by atoms with E-state index in [1.54, 1.807) is 29.7 Å². The molecule has 36 heavy (non-hydrogen) atoms. The number of halogens is 1. The summed E-state index contributed by atoms with van der Waals surface area (Å²) in [5.74, 6) is -0.361. The van der Waals surface area contributed by atoms with Crippen molar-refractivity contribution < 1.29 is 14.0 Å². The summed E-state index contributed by atoms with van der Waals surface area (Å²) in [7, 11) is 0. The Labute approximate surface area is 213 Å². The second-order valence-electron chi connectivity index (χ2n) is 9.23. The largest absolute Gasteiger partial charge is 0.385 e. The number of nitrogens with zero attached hydrogens (tertiary/aromatic N) is 3. The molecule has 1 aliphatic heterocycles. The van der Waals surface area contributed by atoms with Crippen molar-refractivity contribution in [2.45, 2.75) is 45.6 Å². The van der Waals surface area contributed by atoms with E-state index in [1.807, 2.05) is 62.5 Å². The van der Waals surface area contributed by atoms with Gasteiger partial charge in [0.1, 0.15) is 5.82 Å². The molecule has 0 spiro atoms. The minimum atomic E-state index is -0.326. The molecule has 0 bridgehead atoms. The lowest BCUT2D eigenvalue weighted by atomic mass is 9.91. The SMILES string of the molecule is Cc1ccc(-c2cc(C(=O)CC(C)c3nc(C)cs3)cc(C3=NOC(c4ccccn4)C3)c2)c(F)c1. The molecule has 5 nitrogen and oxygen atoms in total. The number of Topliss-reactive ketones (excluding diaryl/α,β-unsaturated/α-hetero) is 1. The number of rotatable bonds is 7. The topological polar surface area (TPSA) is 64.4 Å². The molecule has 3 heterocycles. The summed E-state index contributed by atoms with van der Waals surface area (Å²) in [6.45, 7) is 5.80. The first-order valence-electron chi connectivity index (χ1n) is 11.9. The van der Waals surface area contributed by atoms with Crippen LogP contribution in [0.1, 0.15) is 69.7 Å². The number of oxime groups is 1. The fourth-order valence-electron chi connectivity index (χ4n) is 4.32. The average molecular weight is 500 g/mol. The third-order valence-electron chi connectivity index (χ3n) is 6.26. The Morgan fingerprint density at radius 2 is 1.97 bits per heavy atom. The summed E-state index contributed by atoms with van der Waals surface area (Å²) < 4.78 is 14.9. The molecule has 4 aromatic rings. The zero-order valence-corrected chi connectivity index (χ0v) is 21.2. The molecular formula is C29H26FN3O2S. The number of hydrogen-bond acceptors (Lipinski definition) is 6. The molecular weight excluding hydrogens is 473 g/mol. The Morgan fingerprint density at radius 3 is 2.69 bits per heavy atom. The van der Waals surface area contributed by atoms with E-state index in [-0.39, 0.29) is 23.6 Å². The molecule has 0 fully saturated rings. The van der Waals surface area contributed by atoms with Crippen molar-refractivity contribution in [1.82, 2.24) is 9.97 Å². The lowest BCUT2D eigenvalue weighted by molar-refractivity contribution is 0.0826. The van der Waals surface area contributed by atoms with E-state index in [0.717, 1.165) is 27.5 Å². The highest BCUT2D eigenvalue weighted by molar-refractivity contribution is 7.09. The minimum Gasteiger partial charge on any atom is -0.385 e. The van der Waals surface area contributed by atoms with E-state index in [9.17, 15) is 9.18 Å². The molecule has 0 radical (unpaired) electrons. The van der Waals surface area contributed by atoms with Crippen molar-refractivity contribution in [2.24, 2.45) is 5.16 Å². The summed E-state index contributed by atoms with van der Waals surface area (Å²) in [4.78, 5) is 28.0. The van der Waals surface area contributed by atoms with E-state index in [4.69, 9.17) is 4.84 Å². The molecule has 2 aromatic carbocycles. The molecule has 0 amide bonds. The van der Waals surface area contributed by atoms with Gasteiger partial charge in [0.05, 0.1) is 16.4 Å². The average Bonchev–Trinajstić information content (AvgIpc) is 3.54. The number of carbonyl (C=O) groups excluding carboxylic acids is 1. The van der Waals surface area contributed by atoms with E-state index < -0.39 is 0 Å². The van der Waals surface area contributed by atoms with E-state index >= 15 is 0 Å². The monoisotopic (exact) mass is 499 g/mol. The van der Waals surface area contributed by atoms with Crippen molar-refractivity contribution in [3.8, 4) is 11.1 Å². The smallest absolute Gasteiger partial charge is 0.174 e. The Kier molecular flexibility index (Phi) is 6.74. The maximum absolute atomic E-state index is 14.9. The minimum absolute atomic E-state index is 0.0138. The van der Waals surface area contributed by atoms with Crippen LogP contribution >= 0.6 is 11.3 Å². The Balaban J connectivity index is 1.49. The van der Waals surface area contributed by atoms with Crippen LogP contribution in [-0.2, 0) is 4.84 Å². The van der Waals surface area contributed by atoms with Crippen LogP contribution in [0.25, 0.3) is 11.1 Å². The number of hydrogen-bond donors (Lipinski definition) is 0. The summed E-state index contributed by atoms with van der Waals surface area (Å²) in [5.41, 5.74) is 5.63. The maximum Gasteiger partial charge on any atom is 0.174 e. The van der Waals surface area contributed by atoms with E-state index in [0.29, 0.717) is 35.2 Å². The van der Waals surface area contributed by atoms with Crippen LogP contribution in [-0.4, -0.2) is 21.5 Å². The van der Waals surface area contributed by atoms with Gasteiger partial charge < -0.3 is 4.84 Å². The van der Waals surface area contributed by atoms with Gasteiger partial charge in [-0.2, -0.15) is 0 Å². The molecule has 5 rings (SSSR count). The van der Waals surface area contributed by atoms with Crippen LogP contribution in [0, 0.1) is 19.7 Å². The Morgan fingerprint density at radius 1 is 1.14 bits per heavy atom. The van der Waals surface area contributed by atoms with Crippen molar-refractivity contribution in [1.29, 1.82) is 0 Å². The van der Waals surface area contributed by atoms with Gasteiger partial charge in [0, 0.05) is 52.7 Å². The van der Waals surface area contributed by atoms with Crippen LogP contribution in [0.2, 0.25) is 0 Å². The molecule has 0 saturated heterocycles. The van der Waals surface area contributed by atoms with Crippen LogP contribution < -0.4 is 0 Å². The molecule has 2 unspecified atom stereocenters. The van der Waals surface area contributed by atoms with Crippen molar-refractivity contribution >= 4 is 22.8 Å². The van der Waals surface area contributed by atoms with Gasteiger partial charge in [-0.3, -0.25) is 9.78 Å². The second-order valence-corrected chi connectivity index (χ2v) is 10.1. The molecule has 0 aliphatic carbocycles. The first kappa shape index (κ1) is 24.0. The van der Waals surface area contributed by atoms with E-state index in [2.05, 4.69) is 15.1 Å². The predicted molar refractivity (Wildman–Crippen MR) is 140 cm³/mol. The number of carbonyl (C=O) groups is 1. The number of aromatic nitrogens is 2. The quantitative estimate of drug-likeness (QED) is 0.252. The van der Waals surface area contributed by atoms with Gasteiger partial charge in [-0.1, -0.05) is 30.3 Å². The molecule has 2 aromatic heterocycles. The lowest BCUT2D eigenvalue weighted by Crippen LogP contribution is -2.08. The van der Waals surface area contributed by atoms with Gasteiger partial charge in [0.15, 0.2) is 11.9 Å². The second kappa shape index (κ2) is 10.1. The van der Waals surface area contributed by atoms with Crippen LogP contribution in [0.5, 0.6) is 0 Å². The summed E-state index contributed by atoms with van der Waals surface area (Å²) in [6.07, 6.45) is 2.25. The van der Waals surface area contributed by atoms with Gasteiger partial charge in [0.2, 0.25) is 0 Å². The van der Waals surface area contributed by atoms with Gasteiger partial charge in [-0.15, -0.1) is 11.3 Å². The number of aryl methyl sites for hydroxylation is 2. The third-order valence-corrected chi connectivity index (χ3v) is 7.45. The summed E-state index contributed by atoms with van der Waals surface area (Å²) >= 11 is 1.57. The Hall–Kier alpha value is -3.71. The molecule has 7 heteroatoms. The summed E-state index contributed by atoms with van der Waals surface area (Å²) in [6, 6.07) is 16.3. The lowest BCUT2D eigenvalue weighted by Gasteiger charge is -2.12. The van der Waals surface area contributed by atoms with E-state index in [1.165, 1.54) is 6.07 Å². The zero-order chi connectivity index (χ0) is 25.2. The molecule has 0 saturated carbocycles. The standard InChI is InChI=1S/C29H26FN3O2S/c1-17-7-8-23(24(30)10-17)20-12-21(26-15-28(35-33-26)25-6-4-5-9-31-25)14-22(13-20)27(34)11-18(2)29-32-19(3)16-36-29/h4-10,12-14,16,18,28H,11,15H2,1-3H3.